The van der Waals surface area contributed by atoms with Crippen LogP contribution in [0.1, 0.15) is 52.4 Å². The van der Waals surface area contributed by atoms with Crippen LogP contribution in [0, 0.1) is 0 Å². The van der Waals surface area contributed by atoms with Crippen LogP contribution >= 0.6 is 31.9 Å². The van der Waals surface area contributed by atoms with E-state index in [1.165, 1.54) is 0 Å². The largest absolute Gasteiger partial charge is 0.463 e. The fraction of sp³-hybridized carbons (Fsp3) is 0.900. The molecule has 0 heterocycles. The Kier molecular flexibility index (Phi) is 20.9. The highest BCUT2D eigenvalue weighted by Crippen LogP contribution is 2.03. The molecule has 0 fully saturated rings. The second-order valence-corrected chi connectivity index (χ2v) is 8.19. The molecule has 0 radical (unpaired) electrons. The molecule has 0 bridgehead atoms. The maximum absolute atomic E-state index is 11.7. The van der Waals surface area contributed by atoms with Gasteiger partial charge in [0.2, 0.25) is 0 Å². The van der Waals surface area contributed by atoms with E-state index in [9.17, 15) is 9.59 Å². The monoisotopic (exact) mass is 546 g/mol. The van der Waals surface area contributed by atoms with Crippen molar-refractivity contribution in [2.45, 2.75) is 64.6 Å². The van der Waals surface area contributed by atoms with Crippen molar-refractivity contribution in [1.82, 2.24) is 0 Å². The summed E-state index contributed by atoms with van der Waals surface area (Å²) in [7, 11) is 0. The first kappa shape index (κ1) is 28.8. The van der Waals surface area contributed by atoms with Gasteiger partial charge in [-0.05, 0) is 26.7 Å². The summed E-state index contributed by atoms with van der Waals surface area (Å²) in [6, 6.07) is 0. The van der Waals surface area contributed by atoms with Crippen molar-refractivity contribution in [3.63, 3.8) is 0 Å². The molecule has 0 aliphatic carbocycles. The third-order valence-electron chi connectivity index (χ3n) is 3.75. The standard InChI is InChI=1S/C20H36Br2O7/c1-17(5-13-25-11-3-9-21)28-19(23)7-15-27-16-8-20(24)29-18(2)6-14-26-12-4-10-22/h17-18H,3-16H2,1-2H3/t17-,18-/m1/s1. The summed E-state index contributed by atoms with van der Waals surface area (Å²) in [5, 5.41) is 1.84. The van der Waals surface area contributed by atoms with Crippen molar-refractivity contribution in [1.29, 1.82) is 0 Å². The van der Waals surface area contributed by atoms with Gasteiger partial charge in [-0.25, -0.2) is 0 Å². The summed E-state index contributed by atoms with van der Waals surface area (Å²) in [6.45, 7) is 6.67. The Balaban J connectivity index is 3.57. The molecule has 0 N–H and O–H groups in total. The molecular weight excluding hydrogens is 512 g/mol. The molecule has 0 saturated carbocycles. The number of rotatable bonds is 20. The van der Waals surface area contributed by atoms with Crippen molar-refractivity contribution in [3.05, 3.63) is 0 Å². The molecule has 0 aliphatic heterocycles. The van der Waals surface area contributed by atoms with Crippen molar-refractivity contribution in [2.24, 2.45) is 0 Å². The highest BCUT2D eigenvalue weighted by Gasteiger charge is 2.11. The van der Waals surface area contributed by atoms with E-state index in [0.29, 0.717) is 39.3 Å². The molecule has 9 heteroatoms. The molecule has 172 valence electrons. The summed E-state index contributed by atoms with van der Waals surface area (Å²) in [6.07, 6.45) is 3.20. The average Bonchev–Trinajstić information content (AvgIpc) is 2.67. The van der Waals surface area contributed by atoms with Crippen LogP contribution in [0.25, 0.3) is 0 Å². The van der Waals surface area contributed by atoms with Gasteiger partial charge in [0.05, 0.1) is 39.3 Å². The molecule has 0 aromatic carbocycles. The summed E-state index contributed by atoms with van der Waals surface area (Å²) in [5.74, 6) is -0.622. The minimum Gasteiger partial charge on any atom is -0.463 e. The van der Waals surface area contributed by atoms with Crippen molar-refractivity contribution in [2.75, 3.05) is 50.3 Å². The number of ether oxygens (including phenoxy) is 5. The minimum absolute atomic E-state index is 0.159. The highest BCUT2D eigenvalue weighted by molar-refractivity contribution is 9.09. The second-order valence-electron chi connectivity index (χ2n) is 6.60. The molecule has 0 aromatic rings. The van der Waals surface area contributed by atoms with Gasteiger partial charge in [-0.3, -0.25) is 9.59 Å². The lowest BCUT2D eigenvalue weighted by molar-refractivity contribution is -0.151. The van der Waals surface area contributed by atoms with Crippen LogP contribution in [0.15, 0.2) is 0 Å². The van der Waals surface area contributed by atoms with Crippen LogP contribution in [0.2, 0.25) is 0 Å². The number of carbonyl (C=O) groups excluding carboxylic acids is 2. The maximum Gasteiger partial charge on any atom is 0.308 e. The second kappa shape index (κ2) is 21.0. The fourth-order valence-electron chi connectivity index (χ4n) is 2.11. The Bertz CT molecular complexity index is 374. The smallest absolute Gasteiger partial charge is 0.308 e. The average molecular weight is 548 g/mol. The van der Waals surface area contributed by atoms with Crippen LogP contribution < -0.4 is 0 Å². The first-order valence-corrected chi connectivity index (χ1v) is 12.5. The van der Waals surface area contributed by atoms with Gasteiger partial charge in [0.1, 0.15) is 12.2 Å². The number of hydrogen-bond donors (Lipinski definition) is 0. The van der Waals surface area contributed by atoms with Crippen molar-refractivity contribution >= 4 is 43.8 Å². The van der Waals surface area contributed by atoms with Gasteiger partial charge in [-0.15, -0.1) is 0 Å². The molecular formula is C20H36Br2O7. The van der Waals surface area contributed by atoms with Crippen molar-refractivity contribution < 1.29 is 33.3 Å². The van der Waals surface area contributed by atoms with Crippen LogP contribution in [0.4, 0.5) is 0 Å². The summed E-state index contributed by atoms with van der Waals surface area (Å²) in [5.41, 5.74) is 0. The SMILES string of the molecule is C[C@H](CCOCCCBr)OC(=O)CCOCCC(=O)O[C@H](C)CCOCCCBr. The van der Waals surface area contributed by atoms with E-state index >= 15 is 0 Å². The first-order valence-electron chi connectivity index (χ1n) is 10.2. The normalized spacial score (nSPS) is 13.1. The molecule has 0 amide bonds. The molecule has 2 atom stereocenters. The highest BCUT2D eigenvalue weighted by atomic mass is 79.9. The van der Waals surface area contributed by atoms with E-state index < -0.39 is 0 Å². The third kappa shape index (κ3) is 20.8. The van der Waals surface area contributed by atoms with Crippen LogP contribution in [0.3, 0.4) is 0 Å². The maximum atomic E-state index is 11.7. The molecule has 0 aliphatic rings. The van der Waals surface area contributed by atoms with Gasteiger partial charge >= 0.3 is 11.9 Å². The number of alkyl halides is 2. The lowest BCUT2D eigenvalue weighted by atomic mass is 10.3. The lowest BCUT2D eigenvalue weighted by Gasteiger charge is -2.14. The van der Waals surface area contributed by atoms with Gasteiger partial charge in [0.15, 0.2) is 0 Å². The minimum atomic E-state index is -0.311. The van der Waals surface area contributed by atoms with E-state index in [0.717, 1.165) is 23.5 Å². The molecule has 0 spiro atoms. The van der Waals surface area contributed by atoms with E-state index in [2.05, 4.69) is 31.9 Å². The Labute approximate surface area is 191 Å². The zero-order chi connectivity index (χ0) is 21.7. The van der Waals surface area contributed by atoms with Crippen LogP contribution in [-0.2, 0) is 33.3 Å². The Morgan fingerprint density at radius 2 is 1.03 bits per heavy atom. The van der Waals surface area contributed by atoms with E-state index in [-0.39, 0.29) is 50.2 Å². The van der Waals surface area contributed by atoms with Gasteiger partial charge in [-0.1, -0.05) is 31.9 Å². The molecule has 7 nitrogen and oxygen atoms in total. The number of esters is 2. The fourth-order valence-corrected chi connectivity index (χ4v) is 2.57. The van der Waals surface area contributed by atoms with Gasteiger partial charge < -0.3 is 23.7 Å². The molecule has 0 aromatic heterocycles. The zero-order valence-corrected chi connectivity index (χ0v) is 20.8. The Morgan fingerprint density at radius 3 is 1.41 bits per heavy atom. The summed E-state index contributed by atoms with van der Waals surface area (Å²) < 4.78 is 26.8. The van der Waals surface area contributed by atoms with E-state index in [4.69, 9.17) is 23.7 Å². The summed E-state index contributed by atoms with van der Waals surface area (Å²) in [4.78, 5) is 23.5. The topological polar surface area (TPSA) is 80.3 Å². The van der Waals surface area contributed by atoms with Gasteiger partial charge in [0, 0.05) is 36.7 Å². The lowest BCUT2D eigenvalue weighted by Crippen LogP contribution is -2.20. The molecule has 29 heavy (non-hydrogen) atoms. The predicted molar refractivity (Wildman–Crippen MR) is 119 cm³/mol. The zero-order valence-electron chi connectivity index (χ0n) is 17.7. The number of carbonyl (C=O) groups is 2. The molecule has 0 unspecified atom stereocenters. The number of halogens is 2. The first-order chi connectivity index (χ1) is 14.0. The van der Waals surface area contributed by atoms with E-state index in [1.54, 1.807) is 0 Å². The summed E-state index contributed by atoms with van der Waals surface area (Å²) >= 11 is 6.68. The van der Waals surface area contributed by atoms with E-state index in [1.807, 2.05) is 13.8 Å². The van der Waals surface area contributed by atoms with Crippen LogP contribution in [-0.4, -0.2) is 74.4 Å². The third-order valence-corrected chi connectivity index (χ3v) is 4.87. The Morgan fingerprint density at radius 1 is 0.655 bits per heavy atom. The van der Waals surface area contributed by atoms with Gasteiger partial charge in [0.25, 0.3) is 0 Å². The Hall–Kier alpha value is -0.220. The molecule has 0 saturated heterocycles. The van der Waals surface area contributed by atoms with Crippen LogP contribution in [0.5, 0.6) is 0 Å². The quantitative estimate of drug-likeness (QED) is 0.129. The molecule has 0 rings (SSSR count). The van der Waals surface area contributed by atoms with Crippen molar-refractivity contribution in [3.8, 4) is 0 Å². The predicted octanol–water partition coefficient (Wildman–Crippen LogP) is 4.03. The number of hydrogen-bond acceptors (Lipinski definition) is 7. The van der Waals surface area contributed by atoms with Gasteiger partial charge in [-0.2, -0.15) is 0 Å².